The molecule has 2 heterocycles. The molecular weight excluding hydrogens is 132 g/mol. The van der Waals surface area contributed by atoms with Gasteiger partial charge in [-0.05, 0) is 0 Å². The Morgan fingerprint density at radius 2 is 2.70 bits per heavy atom. The fourth-order valence-electron chi connectivity index (χ4n) is 0.998. The Labute approximate surface area is 57.6 Å². The van der Waals surface area contributed by atoms with Crippen LogP contribution >= 0.6 is 0 Å². The van der Waals surface area contributed by atoms with E-state index < -0.39 is 5.60 Å². The van der Waals surface area contributed by atoms with E-state index in [1.165, 1.54) is 18.6 Å². The number of carbonyl (C=O) groups excluding carboxylic acids is 1. The minimum absolute atomic E-state index is 0.0405. The molecule has 0 bridgehead atoms. The summed E-state index contributed by atoms with van der Waals surface area (Å²) in [5, 5.41) is 3.71. The van der Waals surface area contributed by atoms with Crippen LogP contribution < -0.4 is 5.43 Å². The summed E-state index contributed by atoms with van der Waals surface area (Å²) in [7, 11) is 0. The second kappa shape index (κ2) is 1.59. The Balaban J connectivity index is 2.32. The molecule has 2 rings (SSSR count). The van der Waals surface area contributed by atoms with E-state index in [9.17, 15) is 4.79 Å². The van der Waals surface area contributed by atoms with Gasteiger partial charge in [0.2, 0.25) is 11.4 Å². The number of nitrogens with zero attached hydrogens (tertiary/aromatic N) is 1. The van der Waals surface area contributed by atoms with Crippen LogP contribution in [0.25, 0.3) is 0 Å². The van der Waals surface area contributed by atoms with Crippen molar-refractivity contribution in [3.8, 4) is 0 Å². The van der Waals surface area contributed by atoms with Gasteiger partial charge in [0, 0.05) is 6.08 Å². The SMILES string of the molecule is O=C1C=COC12C=NNC2. The first-order chi connectivity index (χ1) is 4.83. The maximum Gasteiger partial charge on any atom is 0.225 e. The first-order valence-corrected chi connectivity index (χ1v) is 2.99. The fourth-order valence-corrected chi connectivity index (χ4v) is 0.998. The van der Waals surface area contributed by atoms with Crippen LogP contribution in [0.2, 0.25) is 0 Å². The molecule has 1 unspecified atom stereocenters. The molecular formula is C6H6N2O2. The van der Waals surface area contributed by atoms with E-state index in [0.717, 1.165) is 0 Å². The van der Waals surface area contributed by atoms with Gasteiger partial charge in [-0.25, -0.2) is 0 Å². The third-order valence-corrected chi connectivity index (χ3v) is 1.62. The third kappa shape index (κ3) is 0.504. The van der Waals surface area contributed by atoms with Gasteiger partial charge in [0.1, 0.15) is 0 Å². The normalized spacial score (nSPS) is 35.0. The highest BCUT2D eigenvalue weighted by Gasteiger charge is 2.42. The van der Waals surface area contributed by atoms with Gasteiger partial charge in [0.25, 0.3) is 0 Å². The molecule has 0 saturated heterocycles. The first kappa shape index (κ1) is 5.46. The number of ether oxygens (including phenoxy) is 1. The highest BCUT2D eigenvalue weighted by Crippen LogP contribution is 2.19. The summed E-state index contributed by atoms with van der Waals surface area (Å²) in [6, 6.07) is 0. The standard InChI is InChI=1S/C6H6N2O2/c9-5-1-2-10-6(5)3-7-8-4-6/h1-3,8H,4H2. The van der Waals surface area contributed by atoms with E-state index >= 15 is 0 Å². The Morgan fingerprint density at radius 1 is 1.80 bits per heavy atom. The molecule has 0 saturated carbocycles. The molecule has 52 valence electrons. The summed E-state index contributed by atoms with van der Waals surface area (Å²) < 4.78 is 5.07. The average molecular weight is 138 g/mol. The van der Waals surface area contributed by atoms with Gasteiger partial charge in [0.05, 0.1) is 19.0 Å². The van der Waals surface area contributed by atoms with Crippen molar-refractivity contribution in [1.82, 2.24) is 5.43 Å². The van der Waals surface area contributed by atoms with E-state index in [2.05, 4.69) is 10.5 Å². The second-order valence-corrected chi connectivity index (χ2v) is 2.27. The molecule has 2 aliphatic heterocycles. The Hall–Kier alpha value is -1.32. The number of hydrogen-bond acceptors (Lipinski definition) is 4. The molecule has 0 radical (unpaired) electrons. The minimum atomic E-state index is -0.806. The molecule has 1 spiro atoms. The number of hydrogen-bond donors (Lipinski definition) is 1. The number of nitrogens with one attached hydrogen (secondary N) is 1. The molecule has 0 aromatic rings. The largest absolute Gasteiger partial charge is 0.479 e. The van der Waals surface area contributed by atoms with Crippen molar-refractivity contribution in [2.75, 3.05) is 6.54 Å². The van der Waals surface area contributed by atoms with Crippen LogP contribution in [0.4, 0.5) is 0 Å². The van der Waals surface area contributed by atoms with Gasteiger partial charge >= 0.3 is 0 Å². The van der Waals surface area contributed by atoms with Crippen molar-refractivity contribution in [1.29, 1.82) is 0 Å². The van der Waals surface area contributed by atoms with E-state index in [1.807, 2.05) is 0 Å². The van der Waals surface area contributed by atoms with Crippen LogP contribution in [-0.2, 0) is 9.53 Å². The fraction of sp³-hybridized carbons (Fsp3) is 0.333. The molecule has 4 heteroatoms. The summed E-state index contributed by atoms with van der Waals surface area (Å²) in [4.78, 5) is 11.1. The molecule has 0 aromatic heterocycles. The highest BCUT2D eigenvalue weighted by atomic mass is 16.5. The molecule has 0 fully saturated rings. The zero-order valence-corrected chi connectivity index (χ0v) is 5.20. The molecule has 10 heavy (non-hydrogen) atoms. The van der Waals surface area contributed by atoms with Crippen molar-refractivity contribution in [3.05, 3.63) is 12.3 Å². The monoisotopic (exact) mass is 138 g/mol. The molecule has 0 aliphatic carbocycles. The van der Waals surface area contributed by atoms with Gasteiger partial charge in [-0.1, -0.05) is 0 Å². The lowest BCUT2D eigenvalue weighted by Crippen LogP contribution is -2.41. The van der Waals surface area contributed by atoms with Gasteiger partial charge in [0.15, 0.2) is 0 Å². The summed E-state index contributed by atoms with van der Waals surface area (Å²) in [6.45, 7) is 0.443. The summed E-state index contributed by atoms with van der Waals surface area (Å²) in [5.41, 5.74) is 1.86. The van der Waals surface area contributed by atoms with Gasteiger partial charge in [-0.2, -0.15) is 5.10 Å². The number of hydrazone groups is 1. The zero-order chi connectivity index (χ0) is 7.03. The molecule has 1 atom stereocenters. The van der Waals surface area contributed by atoms with Crippen molar-refractivity contribution in [3.63, 3.8) is 0 Å². The quantitative estimate of drug-likeness (QED) is 0.487. The molecule has 4 nitrogen and oxygen atoms in total. The Kier molecular flexibility index (Phi) is 0.869. The topological polar surface area (TPSA) is 50.7 Å². The van der Waals surface area contributed by atoms with Crippen molar-refractivity contribution in [2.24, 2.45) is 5.10 Å². The van der Waals surface area contributed by atoms with Crippen LogP contribution in [0.3, 0.4) is 0 Å². The maximum absolute atomic E-state index is 11.1. The van der Waals surface area contributed by atoms with E-state index in [-0.39, 0.29) is 5.78 Å². The molecule has 2 aliphatic rings. The average Bonchev–Trinajstić information content (AvgIpc) is 2.48. The van der Waals surface area contributed by atoms with Crippen molar-refractivity contribution < 1.29 is 9.53 Å². The molecule has 0 aromatic carbocycles. The number of ketones is 1. The van der Waals surface area contributed by atoms with E-state index in [1.54, 1.807) is 0 Å². The molecule has 0 amide bonds. The number of rotatable bonds is 0. The van der Waals surface area contributed by atoms with Crippen LogP contribution in [0.5, 0.6) is 0 Å². The van der Waals surface area contributed by atoms with Crippen LogP contribution in [-0.4, -0.2) is 24.1 Å². The summed E-state index contributed by atoms with van der Waals surface area (Å²) >= 11 is 0. The molecule has 1 N–H and O–H groups in total. The van der Waals surface area contributed by atoms with E-state index in [0.29, 0.717) is 6.54 Å². The Bertz CT molecular complexity index is 234. The van der Waals surface area contributed by atoms with Crippen LogP contribution in [0.15, 0.2) is 17.4 Å². The van der Waals surface area contributed by atoms with Crippen molar-refractivity contribution in [2.45, 2.75) is 5.60 Å². The zero-order valence-electron chi connectivity index (χ0n) is 5.20. The van der Waals surface area contributed by atoms with Crippen LogP contribution in [0, 0.1) is 0 Å². The van der Waals surface area contributed by atoms with Gasteiger partial charge in [-0.15, -0.1) is 0 Å². The van der Waals surface area contributed by atoms with Crippen LogP contribution in [0.1, 0.15) is 0 Å². The summed E-state index contributed by atoms with van der Waals surface area (Å²) in [6.07, 6.45) is 4.32. The second-order valence-electron chi connectivity index (χ2n) is 2.27. The lowest BCUT2D eigenvalue weighted by Gasteiger charge is -2.15. The first-order valence-electron chi connectivity index (χ1n) is 2.99. The third-order valence-electron chi connectivity index (χ3n) is 1.62. The Morgan fingerprint density at radius 3 is 3.20 bits per heavy atom. The van der Waals surface area contributed by atoms with Gasteiger partial charge in [-0.3, -0.25) is 4.79 Å². The predicted octanol–water partition coefficient (Wildman–Crippen LogP) is -0.573. The lowest BCUT2D eigenvalue weighted by molar-refractivity contribution is -0.122. The highest BCUT2D eigenvalue weighted by molar-refractivity contribution is 6.11. The smallest absolute Gasteiger partial charge is 0.225 e. The summed E-state index contributed by atoms with van der Waals surface area (Å²) in [5.74, 6) is -0.0405. The van der Waals surface area contributed by atoms with Gasteiger partial charge < -0.3 is 10.2 Å². The van der Waals surface area contributed by atoms with Crippen molar-refractivity contribution >= 4 is 12.0 Å². The minimum Gasteiger partial charge on any atom is -0.479 e. The van der Waals surface area contributed by atoms with E-state index in [4.69, 9.17) is 4.74 Å². The number of carbonyl (C=O) groups is 1. The maximum atomic E-state index is 11.1. The predicted molar refractivity (Wildman–Crippen MR) is 34.5 cm³/mol. The lowest BCUT2D eigenvalue weighted by atomic mass is 10.0.